The molecule has 2 amide bonds. The Labute approximate surface area is 189 Å². The van der Waals surface area contributed by atoms with Gasteiger partial charge in [0.15, 0.2) is 0 Å². The molecule has 1 aromatic heterocycles. The average Bonchev–Trinajstić information content (AvgIpc) is 3.60. The standard InChI is InChI=1S/C23H22FN7O2/c1-2-27-12-16(11-26)21(32)31-23(7-8-23)22(33)29-14-20-18(24)9-17(13-28-20)30-19-6-4-3-5-15(19)10-25/h2-6,9,11-13,30H,1,7-8,14,26H2,(H,29,33)(H,31,32)/b16-11+,27-12-. The molecular weight excluding hydrogens is 425 g/mol. The topological polar surface area (TPSA) is 145 Å². The van der Waals surface area contributed by atoms with Crippen molar-refractivity contribution >= 4 is 29.4 Å². The van der Waals surface area contributed by atoms with Gasteiger partial charge < -0.3 is 21.7 Å². The SMILES string of the molecule is C=C/N=C\C(=C/N)C(=O)NC1(C(=O)NCc2ncc(Nc3ccccc3C#N)cc2F)CC1. The molecule has 0 atom stereocenters. The Morgan fingerprint density at radius 1 is 1.36 bits per heavy atom. The van der Waals surface area contributed by atoms with Crippen LogP contribution in [-0.4, -0.2) is 28.6 Å². The first-order chi connectivity index (χ1) is 15.9. The van der Waals surface area contributed by atoms with Gasteiger partial charge in [-0.1, -0.05) is 18.7 Å². The molecule has 5 N–H and O–H groups in total. The van der Waals surface area contributed by atoms with Gasteiger partial charge in [0.05, 0.1) is 40.9 Å². The molecule has 0 aliphatic heterocycles. The van der Waals surface area contributed by atoms with Gasteiger partial charge in [-0.05, 0) is 25.0 Å². The van der Waals surface area contributed by atoms with E-state index in [1.807, 2.05) is 0 Å². The maximum Gasteiger partial charge on any atom is 0.255 e. The number of nitrogens with two attached hydrogens (primary N) is 1. The van der Waals surface area contributed by atoms with Crippen molar-refractivity contribution in [3.63, 3.8) is 0 Å². The molecule has 9 nitrogen and oxygen atoms in total. The molecule has 3 rings (SSSR count). The van der Waals surface area contributed by atoms with Gasteiger partial charge in [-0.25, -0.2) is 4.39 Å². The zero-order chi connectivity index (χ0) is 23.8. The summed E-state index contributed by atoms with van der Waals surface area (Å²) in [6.07, 6.45) is 5.86. The van der Waals surface area contributed by atoms with E-state index in [9.17, 15) is 14.0 Å². The molecule has 10 heteroatoms. The van der Waals surface area contributed by atoms with Crippen molar-refractivity contribution in [3.05, 3.63) is 78.2 Å². The highest BCUT2D eigenvalue weighted by atomic mass is 19.1. The van der Waals surface area contributed by atoms with Gasteiger partial charge in [0.25, 0.3) is 5.91 Å². The maximum absolute atomic E-state index is 14.5. The molecule has 168 valence electrons. The number of amides is 2. The molecule has 0 radical (unpaired) electrons. The van der Waals surface area contributed by atoms with Crippen molar-refractivity contribution in [2.75, 3.05) is 5.32 Å². The number of pyridine rings is 1. The van der Waals surface area contributed by atoms with Crippen LogP contribution in [0.3, 0.4) is 0 Å². The third-order valence-corrected chi connectivity index (χ3v) is 4.96. The van der Waals surface area contributed by atoms with Crippen LogP contribution in [0.25, 0.3) is 0 Å². The number of aromatic nitrogens is 1. The first kappa shape index (κ1) is 23.1. The number of carbonyl (C=O) groups is 2. The highest BCUT2D eigenvalue weighted by molar-refractivity contribution is 6.13. The van der Waals surface area contributed by atoms with Crippen molar-refractivity contribution in [3.8, 4) is 6.07 Å². The maximum atomic E-state index is 14.5. The number of para-hydroxylation sites is 1. The Bertz CT molecular complexity index is 1180. The first-order valence-electron chi connectivity index (χ1n) is 10.00. The fraction of sp³-hybridized carbons (Fsp3) is 0.174. The minimum Gasteiger partial charge on any atom is -0.404 e. The van der Waals surface area contributed by atoms with E-state index in [4.69, 9.17) is 11.0 Å². The summed E-state index contributed by atoms with van der Waals surface area (Å²) < 4.78 is 14.5. The van der Waals surface area contributed by atoms with Gasteiger partial charge in [-0.3, -0.25) is 19.6 Å². The Balaban J connectivity index is 1.61. The number of carbonyl (C=O) groups excluding carboxylic acids is 2. The quantitative estimate of drug-likeness (QED) is 0.342. The summed E-state index contributed by atoms with van der Waals surface area (Å²) in [4.78, 5) is 32.8. The zero-order valence-corrected chi connectivity index (χ0v) is 17.6. The van der Waals surface area contributed by atoms with Gasteiger partial charge in [-0.2, -0.15) is 5.26 Å². The second-order valence-electron chi connectivity index (χ2n) is 7.24. The molecule has 2 aromatic rings. The molecule has 1 aliphatic rings. The zero-order valence-electron chi connectivity index (χ0n) is 17.6. The third kappa shape index (κ3) is 5.59. The summed E-state index contributed by atoms with van der Waals surface area (Å²) in [5.41, 5.74) is 5.78. The molecule has 0 bridgehead atoms. The van der Waals surface area contributed by atoms with Gasteiger partial charge >= 0.3 is 0 Å². The van der Waals surface area contributed by atoms with Gasteiger partial charge in [-0.15, -0.1) is 0 Å². The smallest absolute Gasteiger partial charge is 0.255 e. The van der Waals surface area contributed by atoms with Crippen LogP contribution in [0, 0.1) is 17.1 Å². The summed E-state index contributed by atoms with van der Waals surface area (Å²) in [7, 11) is 0. The van der Waals surface area contributed by atoms with Crippen LogP contribution in [0.2, 0.25) is 0 Å². The molecule has 1 saturated carbocycles. The average molecular weight is 447 g/mol. The number of halogens is 1. The molecule has 1 fully saturated rings. The van der Waals surface area contributed by atoms with E-state index in [0.29, 0.717) is 29.8 Å². The van der Waals surface area contributed by atoms with E-state index in [-0.39, 0.29) is 17.8 Å². The molecule has 1 heterocycles. The Morgan fingerprint density at radius 2 is 2.12 bits per heavy atom. The number of benzene rings is 1. The minimum atomic E-state index is -1.08. The van der Waals surface area contributed by atoms with Gasteiger partial charge in [0, 0.05) is 24.7 Å². The molecule has 33 heavy (non-hydrogen) atoms. The predicted octanol–water partition coefficient (Wildman–Crippen LogP) is 2.16. The molecule has 1 aromatic carbocycles. The number of aliphatic imine (C=N–C) groups is 1. The van der Waals surface area contributed by atoms with Crippen LogP contribution < -0.4 is 21.7 Å². The van der Waals surface area contributed by atoms with Crippen LogP contribution in [-0.2, 0) is 16.1 Å². The fourth-order valence-electron chi connectivity index (χ4n) is 2.98. The monoisotopic (exact) mass is 447 g/mol. The number of rotatable bonds is 9. The molecule has 0 unspecified atom stereocenters. The molecule has 1 aliphatic carbocycles. The van der Waals surface area contributed by atoms with E-state index < -0.39 is 23.2 Å². The Kier molecular flexibility index (Phi) is 7.15. The van der Waals surface area contributed by atoms with E-state index in [2.05, 4.69) is 38.6 Å². The van der Waals surface area contributed by atoms with Crippen LogP contribution in [0.15, 0.2) is 66.1 Å². The number of nitriles is 1. The van der Waals surface area contributed by atoms with Gasteiger partial charge in [0.2, 0.25) is 5.91 Å². The molecule has 0 spiro atoms. The third-order valence-electron chi connectivity index (χ3n) is 4.96. The van der Waals surface area contributed by atoms with Crippen LogP contribution in [0.4, 0.5) is 15.8 Å². The summed E-state index contributed by atoms with van der Waals surface area (Å²) in [5.74, 6) is -1.62. The predicted molar refractivity (Wildman–Crippen MR) is 122 cm³/mol. The summed E-state index contributed by atoms with van der Waals surface area (Å²) in [6.45, 7) is 3.26. The van der Waals surface area contributed by atoms with Crippen molar-refractivity contribution in [1.29, 1.82) is 5.26 Å². The highest BCUT2D eigenvalue weighted by Gasteiger charge is 2.51. The Hall–Kier alpha value is -4.52. The highest BCUT2D eigenvalue weighted by Crippen LogP contribution is 2.36. The molecular formula is C23H22FN7O2. The van der Waals surface area contributed by atoms with Crippen LogP contribution >= 0.6 is 0 Å². The Morgan fingerprint density at radius 3 is 2.76 bits per heavy atom. The largest absolute Gasteiger partial charge is 0.404 e. The second kappa shape index (κ2) is 10.2. The van der Waals surface area contributed by atoms with E-state index in [0.717, 1.165) is 6.20 Å². The lowest BCUT2D eigenvalue weighted by atomic mass is 10.2. The number of nitrogens with one attached hydrogen (secondary N) is 3. The van der Waals surface area contributed by atoms with E-state index >= 15 is 0 Å². The van der Waals surface area contributed by atoms with Crippen molar-refractivity contribution in [2.45, 2.75) is 24.9 Å². The van der Waals surface area contributed by atoms with E-state index in [1.54, 1.807) is 24.3 Å². The van der Waals surface area contributed by atoms with Crippen molar-refractivity contribution < 1.29 is 14.0 Å². The number of nitrogens with zero attached hydrogens (tertiary/aromatic N) is 3. The first-order valence-corrected chi connectivity index (χ1v) is 10.00. The van der Waals surface area contributed by atoms with Crippen LogP contribution in [0.5, 0.6) is 0 Å². The summed E-state index contributed by atoms with van der Waals surface area (Å²) in [6, 6.07) is 10.1. The van der Waals surface area contributed by atoms with Crippen molar-refractivity contribution in [1.82, 2.24) is 15.6 Å². The molecule has 0 saturated heterocycles. The lowest BCUT2D eigenvalue weighted by molar-refractivity contribution is -0.128. The minimum absolute atomic E-state index is 0.0326. The summed E-state index contributed by atoms with van der Waals surface area (Å²) >= 11 is 0. The second-order valence-corrected chi connectivity index (χ2v) is 7.24. The van der Waals surface area contributed by atoms with E-state index in [1.165, 1.54) is 24.7 Å². The normalized spacial score (nSPS) is 14.2. The lowest BCUT2D eigenvalue weighted by Gasteiger charge is -2.17. The fourth-order valence-corrected chi connectivity index (χ4v) is 2.98. The number of hydrogen-bond acceptors (Lipinski definition) is 7. The van der Waals surface area contributed by atoms with Crippen LogP contribution in [0.1, 0.15) is 24.1 Å². The summed E-state index contributed by atoms with van der Waals surface area (Å²) in [5, 5.41) is 17.4. The van der Waals surface area contributed by atoms with Crippen molar-refractivity contribution in [2.24, 2.45) is 10.7 Å². The number of hydrogen-bond donors (Lipinski definition) is 4. The lowest BCUT2D eigenvalue weighted by Crippen LogP contribution is -2.49. The number of anilines is 2. The van der Waals surface area contributed by atoms with Gasteiger partial charge in [0.1, 0.15) is 17.4 Å².